The molecule has 3 aromatic carbocycles. The van der Waals surface area contributed by atoms with Gasteiger partial charge >= 0.3 is 0 Å². The Balaban J connectivity index is 1.73. The number of carbonyl (C=O) groups is 1. The molecule has 27 heavy (non-hydrogen) atoms. The lowest BCUT2D eigenvalue weighted by molar-refractivity contribution is 0.101. The highest BCUT2D eigenvalue weighted by Gasteiger charge is 2.14. The van der Waals surface area contributed by atoms with Crippen molar-refractivity contribution in [3.8, 4) is 10.4 Å². The maximum absolute atomic E-state index is 11.5. The zero-order valence-corrected chi connectivity index (χ0v) is 15.8. The van der Waals surface area contributed by atoms with Gasteiger partial charge in [0.05, 0.1) is 0 Å². The van der Waals surface area contributed by atoms with E-state index in [2.05, 4.69) is 65.6 Å². The van der Waals surface area contributed by atoms with Crippen molar-refractivity contribution < 1.29 is 4.79 Å². The van der Waals surface area contributed by atoms with Gasteiger partial charge in [0.25, 0.3) is 0 Å². The van der Waals surface area contributed by atoms with Gasteiger partial charge in [0, 0.05) is 21.8 Å². The molecule has 132 valence electrons. The number of rotatable bonds is 5. The number of hydrogen-bond donors (Lipinski definition) is 0. The fourth-order valence-corrected chi connectivity index (χ4v) is 4.08. The molecule has 0 N–H and O–H groups in total. The molecule has 0 aliphatic carbocycles. The Morgan fingerprint density at radius 3 is 1.78 bits per heavy atom. The molecule has 0 aliphatic heterocycles. The summed E-state index contributed by atoms with van der Waals surface area (Å²) in [6.45, 7) is 1.59. The Labute approximate surface area is 163 Å². The van der Waals surface area contributed by atoms with Crippen molar-refractivity contribution in [2.45, 2.75) is 6.92 Å². The number of carbonyl (C=O) groups excluding carboxylic acids is 1. The highest BCUT2D eigenvalue weighted by atomic mass is 32.1. The molecule has 4 aromatic rings. The van der Waals surface area contributed by atoms with Gasteiger partial charge in [0.2, 0.25) is 0 Å². The zero-order valence-electron chi connectivity index (χ0n) is 15.0. The first-order chi connectivity index (χ1) is 13.2. The molecule has 0 fully saturated rings. The van der Waals surface area contributed by atoms with Crippen LogP contribution in [0.2, 0.25) is 0 Å². The SMILES string of the molecule is CC(=O)c1ccc(-c2ccc(N(c3ccccc3)c3ccccc3)s2)cc1. The first-order valence-corrected chi connectivity index (χ1v) is 9.65. The Morgan fingerprint density at radius 1 is 0.704 bits per heavy atom. The fraction of sp³-hybridized carbons (Fsp3) is 0.0417. The Morgan fingerprint density at radius 2 is 1.26 bits per heavy atom. The summed E-state index contributed by atoms with van der Waals surface area (Å²) in [5, 5.41) is 1.15. The summed E-state index contributed by atoms with van der Waals surface area (Å²) >= 11 is 1.74. The molecule has 0 aliphatic rings. The molecule has 2 nitrogen and oxygen atoms in total. The van der Waals surface area contributed by atoms with Gasteiger partial charge in [-0.3, -0.25) is 4.79 Å². The van der Waals surface area contributed by atoms with Gasteiger partial charge in [-0.05, 0) is 48.9 Å². The van der Waals surface area contributed by atoms with E-state index in [1.54, 1.807) is 18.3 Å². The fourth-order valence-electron chi connectivity index (χ4n) is 3.03. The van der Waals surface area contributed by atoms with Crippen molar-refractivity contribution in [2.75, 3.05) is 4.90 Å². The number of Topliss-reactive ketones (excluding diaryl/α,β-unsaturated/α-hetero) is 1. The largest absolute Gasteiger partial charge is 0.302 e. The van der Waals surface area contributed by atoms with Crippen LogP contribution in [0.3, 0.4) is 0 Å². The van der Waals surface area contributed by atoms with Gasteiger partial charge in [-0.2, -0.15) is 0 Å². The molecule has 0 spiro atoms. The number of thiophene rings is 1. The highest BCUT2D eigenvalue weighted by molar-refractivity contribution is 7.19. The van der Waals surface area contributed by atoms with E-state index in [9.17, 15) is 4.79 Å². The van der Waals surface area contributed by atoms with E-state index in [1.165, 1.54) is 4.88 Å². The number of hydrogen-bond acceptors (Lipinski definition) is 3. The minimum atomic E-state index is 0.0905. The third-order valence-corrected chi connectivity index (χ3v) is 5.54. The molecule has 0 saturated carbocycles. The number of nitrogens with zero attached hydrogens (tertiary/aromatic N) is 1. The van der Waals surface area contributed by atoms with Crippen molar-refractivity contribution in [1.82, 2.24) is 0 Å². The van der Waals surface area contributed by atoms with Crippen molar-refractivity contribution in [3.63, 3.8) is 0 Å². The second-order valence-electron chi connectivity index (χ2n) is 6.28. The van der Waals surface area contributed by atoms with Crippen LogP contribution in [0.4, 0.5) is 16.4 Å². The maximum atomic E-state index is 11.5. The van der Waals surface area contributed by atoms with Crippen LogP contribution < -0.4 is 4.90 Å². The second kappa shape index (κ2) is 7.60. The minimum absolute atomic E-state index is 0.0905. The number of anilines is 3. The average Bonchev–Trinajstić information content (AvgIpc) is 3.19. The van der Waals surface area contributed by atoms with Gasteiger partial charge in [-0.25, -0.2) is 0 Å². The molecular weight excluding hydrogens is 350 g/mol. The van der Waals surface area contributed by atoms with Crippen LogP contribution in [0.15, 0.2) is 97.1 Å². The predicted octanol–water partition coefficient (Wildman–Crippen LogP) is 7.09. The third-order valence-electron chi connectivity index (χ3n) is 4.42. The summed E-state index contributed by atoms with van der Waals surface area (Å²) < 4.78 is 0. The summed E-state index contributed by atoms with van der Waals surface area (Å²) in [4.78, 5) is 14.9. The van der Waals surface area contributed by atoms with Crippen LogP contribution in [-0.4, -0.2) is 5.78 Å². The third kappa shape index (κ3) is 3.69. The molecule has 0 unspecified atom stereocenters. The first-order valence-electron chi connectivity index (χ1n) is 8.84. The van der Waals surface area contributed by atoms with E-state index in [0.717, 1.165) is 27.5 Å². The summed E-state index contributed by atoms with van der Waals surface area (Å²) in [7, 11) is 0. The lowest BCUT2D eigenvalue weighted by Gasteiger charge is -2.23. The molecule has 0 radical (unpaired) electrons. The normalized spacial score (nSPS) is 10.6. The summed E-state index contributed by atoms with van der Waals surface area (Å²) in [6.07, 6.45) is 0. The lowest BCUT2D eigenvalue weighted by atomic mass is 10.1. The quantitative estimate of drug-likeness (QED) is 0.350. The maximum Gasteiger partial charge on any atom is 0.159 e. The highest BCUT2D eigenvalue weighted by Crippen LogP contribution is 2.41. The van der Waals surface area contributed by atoms with Crippen LogP contribution in [0.25, 0.3) is 10.4 Å². The van der Waals surface area contributed by atoms with E-state index < -0.39 is 0 Å². The van der Waals surface area contributed by atoms with Gasteiger partial charge in [0.1, 0.15) is 5.00 Å². The molecule has 1 heterocycles. The second-order valence-corrected chi connectivity index (χ2v) is 7.34. The van der Waals surface area contributed by atoms with E-state index in [4.69, 9.17) is 0 Å². The molecule has 1 aromatic heterocycles. The van der Waals surface area contributed by atoms with Gasteiger partial charge in [-0.1, -0.05) is 60.7 Å². The van der Waals surface area contributed by atoms with Crippen molar-refractivity contribution in [2.24, 2.45) is 0 Å². The van der Waals surface area contributed by atoms with Crippen LogP contribution in [0.1, 0.15) is 17.3 Å². The number of ketones is 1. The molecule has 0 bridgehead atoms. The minimum Gasteiger partial charge on any atom is -0.302 e. The Bertz CT molecular complexity index is 997. The Kier molecular flexibility index (Phi) is 4.86. The smallest absolute Gasteiger partial charge is 0.159 e. The van der Waals surface area contributed by atoms with Crippen molar-refractivity contribution in [1.29, 1.82) is 0 Å². The van der Waals surface area contributed by atoms with Crippen molar-refractivity contribution in [3.05, 3.63) is 103 Å². The molecular formula is C24H19NOS. The van der Waals surface area contributed by atoms with Gasteiger partial charge < -0.3 is 4.90 Å². The van der Waals surface area contributed by atoms with Crippen LogP contribution in [-0.2, 0) is 0 Å². The van der Waals surface area contributed by atoms with Gasteiger partial charge in [-0.15, -0.1) is 11.3 Å². The van der Waals surface area contributed by atoms with E-state index in [0.29, 0.717) is 0 Å². The summed E-state index contributed by atoms with van der Waals surface area (Å²) in [6, 6.07) is 32.9. The number of para-hydroxylation sites is 2. The zero-order chi connectivity index (χ0) is 18.6. The van der Waals surface area contributed by atoms with Crippen molar-refractivity contribution >= 4 is 33.5 Å². The molecule has 0 atom stereocenters. The first kappa shape index (κ1) is 17.3. The monoisotopic (exact) mass is 369 g/mol. The average molecular weight is 369 g/mol. The lowest BCUT2D eigenvalue weighted by Crippen LogP contribution is -2.07. The molecule has 0 amide bonds. The van der Waals surface area contributed by atoms with E-state index in [1.807, 2.05) is 36.4 Å². The predicted molar refractivity (Wildman–Crippen MR) is 114 cm³/mol. The summed E-state index contributed by atoms with van der Waals surface area (Å²) in [5.74, 6) is 0.0905. The molecule has 0 saturated heterocycles. The van der Waals surface area contributed by atoms with E-state index in [-0.39, 0.29) is 5.78 Å². The molecule has 4 rings (SSSR count). The van der Waals surface area contributed by atoms with Crippen LogP contribution in [0, 0.1) is 0 Å². The topological polar surface area (TPSA) is 20.3 Å². The summed E-state index contributed by atoms with van der Waals surface area (Å²) in [5.41, 5.74) is 4.12. The van der Waals surface area contributed by atoms with Crippen LogP contribution >= 0.6 is 11.3 Å². The van der Waals surface area contributed by atoms with E-state index >= 15 is 0 Å². The Hall–Kier alpha value is -3.17. The van der Waals surface area contributed by atoms with Crippen LogP contribution in [0.5, 0.6) is 0 Å². The van der Waals surface area contributed by atoms with Gasteiger partial charge in [0.15, 0.2) is 5.78 Å². The number of benzene rings is 3. The standard InChI is InChI=1S/C24H19NOS/c1-18(26)19-12-14-20(15-13-19)23-16-17-24(27-23)25(21-8-4-2-5-9-21)22-10-6-3-7-11-22/h2-17H,1H3. The molecule has 3 heteroatoms.